The fraction of sp³-hybridized carbons (Fsp3) is 0.269. The third-order valence-electron chi connectivity index (χ3n) is 6.12. The third-order valence-corrected chi connectivity index (χ3v) is 6.48. The Morgan fingerprint density at radius 1 is 1.16 bits per heavy atom. The maximum atomic E-state index is 6.46. The molecule has 3 N–H and O–H groups in total. The van der Waals surface area contributed by atoms with Crippen LogP contribution in [0.4, 0.5) is 0 Å². The molecule has 2 aromatic carbocycles. The fourth-order valence-electron chi connectivity index (χ4n) is 4.01. The van der Waals surface area contributed by atoms with Crippen molar-refractivity contribution in [3.8, 4) is 16.9 Å². The van der Waals surface area contributed by atoms with Gasteiger partial charge in [-0.25, -0.2) is 0 Å². The molecule has 158 valence electrons. The average Bonchev–Trinajstić information content (AvgIpc) is 3.70. The molecule has 1 heterocycles. The number of aromatic nitrogens is 1. The maximum Gasteiger partial charge on any atom is 0.127 e. The SMILES string of the molecule is C=C(N)c1ccc(Cl)c(CNC2(c3cnccc3-c3ccccc3OC3CC3)CC2)c1. The number of benzene rings is 2. The molecule has 3 aromatic rings. The number of hydrogen-bond donors (Lipinski definition) is 2. The number of nitrogens with one attached hydrogen (secondary N) is 1. The van der Waals surface area contributed by atoms with E-state index in [-0.39, 0.29) is 5.54 Å². The van der Waals surface area contributed by atoms with Crippen molar-refractivity contribution in [3.05, 3.63) is 89.2 Å². The second-order valence-corrected chi connectivity index (χ2v) is 8.91. The molecule has 2 saturated carbocycles. The Kier molecular flexibility index (Phi) is 5.20. The number of ether oxygens (including phenoxy) is 1. The van der Waals surface area contributed by atoms with Crippen molar-refractivity contribution in [1.29, 1.82) is 0 Å². The zero-order chi connectivity index (χ0) is 21.4. The number of rotatable bonds is 8. The molecule has 2 aliphatic rings. The van der Waals surface area contributed by atoms with Crippen LogP contribution >= 0.6 is 11.6 Å². The van der Waals surface area contributed by atoms with Gasteiger partial charge in [-0.05, 0) is 72.2 Å². The smallest absolute Gasteiger partial charge is 0.127 e. The van der Waals surface area contributed by atoms with Crippen LogP contribution in [0.15, 0.2) is 67.5 Å². The van der Waals surface area contributed by atoms with Crippen molar-refractivity contribution in [1.82, 2.24) is 10.3 Å². The Labute approximate surface area is 188 Å². The molecule has 0 atom stereocenters. The van der Waals surface area contributed by atoms with E-state index in [2.05, 4.69) is 41.1 Å². The number of para-hydroxylation sites is 1. The summed E-state index contributed by atoms with van der Waals surface area (Å²) in [7, 11) is 0. The van der Waals surface area contributed by atoms with Gasteiger partial charge >= 0.3 is 0 Å². The Bertz CT molecular complexity index is 1140. The first-order valence-corrected chi connectivity index (χ1v) is 11.1. The minimum atomic E-state index is -0.116. The summed E-state index contributed by atoms with van der Waals surface area (Å²) in [5.74, 6) is 0.949. The van der Waals surface area contributed by atoms with Crippen molar-refractivity contribution < 1.29 is 4.74 Å². The normalized spacial score (nSPS) is 16.7. The molecule has 0 bridgehead atoms. The third kappa shape index (κ3) is 4.18. The van der Waals surface area contributed by atoms with Crippen LogP contribution < -0.4 is 15.8 Å². The van der Waals surface area contributed by atoms with Crippen LogP contribution in [0.1, 0.15) is 42.4 Å². The zero-order valence-corrected chi connectivity index (χ0v) is 18.2. The molecule has 0 aliphatic heterocycles. The summed E-state index contributed by atoms with van der Waals surface area (Å²) in [5.41, 5.74) is 11.7. The van der Waals surface area contributed by atoms with Crippen LogP contribution in [0.3, 0.4) is 0 Å². The van der Waals surface area contributed by atoms with Gasteiger partial charge < -0.3 is 15.8 Å². The first-order valence-electron chi connectivity index (χ1n) is 10.7. The van der Waals surface area contributed by atoms with Crippen LogP contribution in [0.2, 0.25) is 5.02 Å². The largest absolute Gasteiger partial charge is 0.490 e. The van der Waals surface area contributed by atoms with Gasteiger partial charge in [0.1, 0.15) is 5.75 Å². The minimum Gasteiger partial charge on any atom is -0.490 e. The lowest BCUT2D eigenvalue weighted by Crippen LogP contribution is -2.29. The van der Waals surface area contributed by atoms with E-state index in [9.17, 15) is 0 Å². The zero-order valence-electron chi connectivity index (χ0n) is 17.4. The predicted octanol–water partition coefficient (Wildman–Crippen LogP) is 5.65. The average molecular weight is 432 g/mol. The summed E-state index contributed by atoms with van der Waals surface area (Å²) < 4.78 is 6.20. The van der Waals surface area contributed by atoms with Gasteiger partial charge in [-0.1, -0.05) is 42.4 Å². The van der Waals surface area contributed by atoms with Gasteiger partial charge in [0.2, 0.25) is 0 Å². The summed E-state index contributed by atoms with van der Waals surface area (Å²) in [4.78, 5) is 4.45. The standard InChI is InChI=1S/C26H26ClN3O/c1-17(28)18-6-9-24(27)19(14-18)15-30-26(11-12-26)23-16-29-13-10-21(23)22-4-2-3-5-25(22)31-20-7-8-20/h2-6,9-10,13-14,16,20,30H,1,7-8,11-12,15,28H2. The van der Waals surface area contributed by atoms with E-state index in [4.69, 9.17) is 22.1 Å². The van der Waals surface area contributed by atoms with E-state index in [1.54, 1.807) is 0 Å². The summed E-state index contributed by atoms with van der Waals surface area (Å²) in [6, 6.07) is 16.2. The van der Waals surface area contributed by atoms with Gasteiger partial charge in [-0.2, -0.15) is 0 Å². The molecule has 0 amide bonds. The Hall–Kier alpha value is -2.82. The molecule has 2 aliphatic carbocycles. The highest BCUT2D eigenvalue weighted by Gasteiger charge is 2.45. The highest BCUT2D eigenvalue weighted by molar-refractivity contribution is 6.31. The molecule has 2 fully saturated rings. The molecule has 5 rings (SSSR count). The maximum absolute atomic E-state index is 6.46. The topological polar surface area (TPSA) is 60.2 Å². The summed E-state index contributed by atoms with van der Waals surface area (Å²) in [6.45, 7) is 4.48. The first-order chi connectivity index (χ1) is 15.1. The fourth-order valence-corrected chi connectivity index (χ4v) is 4.19. The number of halogens is 1. The van der Waals surface area contributed by atoms with Crippen LogP contribution in [0.25, 0.3) is 16.8 Å². The van der Waals surface area contributed by atoms with Gasteiger partial charge in [0, 0.05) is 40.8 Å². The summed E-state index contributed by atoms with van der Waals surface area (Å²) in [5, 5.41) is 4.48. The predicted molar refractivity (Wildman–Crippen MR) is 126 cm³/mol. The van der Waals surface area contributed by atoms with E-state index < -0.39 is 0 Å². The summed E-state index contributed by atoms with van der Waals surface area (Å²) in [6.07, 6.45) is 8.58. The van der Waals surface area contributed by atoms with Crippen LogP contribution in [-0.2, 0) is 12.1 Å². The Balaban J connectivity index is 1.44. The Morgan fingerprint density at radius 2 is 1.97 bits per heavy atom. The van der Waals surface area contributed by atoms with Crippen LogP contribution in [0.5, 0.6) is 5.75 Å². The van der Waals surface area contributed by atoms with Crippen molar-refractivity contribution in [2.24, 2.45) is 5.73 Å². The molecule has 31 heavy (non-hydrogen) atoms. The monoisotopic (exact) mass is 431 g/mol. The van der Waals surface area contributed by atoms with E-state index in [1.165, 1.54) is 11.1 Å². The molecular formula is C26H26ClN3O. The lowest BCUT2D eigenvalue weighted by molar-refractivity contribution is 0.304. The molecule has 0 spiro atoms. The van der Waals surface area contributed by atoms with Crippen LogP contribution in [0, 0.1) is 0 Å². The van der Waals surface area contributed by atoms with Crippen LogP contribution in [-0.4, -0.2) is 11.1 Å². The van der Waals surface area contributed by atoms with Gasteiger partial charge in [0.25, 0.3) is 0 Å². The lowest BCUT2D eigenvalue weighted by atomic mass is 9.94. The first kappa shape index (κ1) is 20.1. The van der Waals surface area contributed by atoms with Gasteiger partial charge in [-0.15, -0.1) is 0 Å². The van der Waals surface area contributed by atoms with E-state index in [1.807, 2.05) is 36.7 Å². The molecule has 4 nitrogen and oxygen atoms in total. The van der Waals surface area contributed by atoms with Crippen molar-refractivity contribution in [2.45, 2.75) is 43.9 Å². The van der Waals surface area contributed by atoms with Crippen molar-refractivity contribution in [2.75, 3.05) is 0 Å². The highest BCUT2D eigenvalue weighted by Crippen LogP contribution is 2.50. The summed E-state index contributed by atoms with van der Waals surface area (Å²) >= 11 is 6.46. The highest BCUT2D eigenvalue weighted by atomic mass is 35.5. The quantitative estimate of drug-likeness (QED) is 0.483. The van der Waals surface area contributed by atoms with Crippen molar-refractivity contribution in [3.63, 3.8) is 0 Å². The van der Waals surface area contributed by atoms with Gasteiger partial charge in [-0.3, -0.25) is 4.98 Å². The molecule has 0 unspecified atom stereocenters. The minimum absolute atomic E-state index is 0.116. The molecular weight excluding hydrogens is 406 g/mol. The number of hydrogen-bond acceptors (Lipinski definition) is 4. The van der Waals surface area contributed by atoms with E-state index in [0.717, 1.165) is 53.1 Å². The molecule has 0 saturated heterocycles. The van der Waals surface area contributed by atoms with Gasteiger partial charge in [0.05, 0.1) is 6.10 Å². The lowest BCUT2D eigenvalue weighted by Gasteiger charge is -2.23. The number of pyridine rings is 1. The second kappa shape index (κ2) is 8.03. The van der Waals surface area contributed by atoms with E-state index >= 15 is 0 Å². The van der Waals surface area contributed by atoms with E-state index in [0.29, 0.717) is 18.3 Å². The second-order valence-electron chi connectivity index (χ2n) is 8.50. The molecule has 1 aromatic heterocycles. The van der Waals surface area contributed by atoms with Gasteiger partial charge in [0.15, 0.2) is 0 Å². The van der Waals surface area contributed by atoms with Crippen molar-refractivity contribution >= 4 is 17.3 Å². The molecule has 5 heteroatoms. The number of nitrogens with two attached hydrogens (primary N) is 1. The Morgan fingerprint density at radius 3 is 2.71 bits per heavy atom. The molecule has 0 radical (unpaired) electrons. The number of nitrogens with zero attached hydrogens (tertiary/aromatic N) is 1.